The molecule has 0 fully saturated rings. The van der Waals surface area contributed by atoms with E-state index in [1.54, 1.807) is 25.3 Å². The third-order valence-corrected chi connectivity index (χ3v) is 2.83. The first kappa shape index (κ1) is 14.8. The Morgan fingerprint density at radius 3 is 2.89 bits per heavy atom. The number of rotatable bonds is 6. The van der Waals surface area contributed by atoms with Crippen molar-refractivity contribution in [3.05, 3.63) is 28.8 Å². The van der Waals surface area contributed by atoms with E-state index in [4.69, 9.17) is 16.3 Å². The number of ether oxygens (including phenoxy) is 1. The molecule has 0 heterocycles. The van der Waals surface area contributed by atoms with E-state index in [0.29, 0.717) is 17.2 Å². The van der Waals surface area contributed by atoms with E-state index in [1.807, 2.05) is 6.92 Å². The topological polar surface area (TPSA) is 58.6 Å². The summed E-state index contributed by atoms with van der Waals surface area (Å²) in [5.41, 5.74) is 0.730. The average molecular weight is 272 g/mol. The Morgan fingerprint density at radius 1 is 1.56 bits per heavy atom. The number of halogens is 1. The molecular formula is C13H18ClNO3. The van der Waals surface area contributed by atoms with Crippen molar-refractivity contribution in [2.45, 2.75) is 25.9 Å². The van der Waals surface area contributed by atoms with Crippen molar-refractivity contribution in [1.29, 1.82) is 0 Å². The highest BCUT2D eigenvalue weighted by Crippen LogP contribution is 2.22. The summed E-state index contributed by atoms with van der Waals surface area (Å²) in [6, 6.07) is 5.14. The van der Waals surface area contributed by atoms with Gasteiger partial charge in [0.25, 0.3) is 0 Å². The molecule has 2 N–H and O–H groups in total. The summed E-state index contributed by atoms with van der Waals surface area (Å²) in [5.74, 6) is 0.466. The third kappa shape index (κ3) is 4.55. The fourth-order valence-electron chi connectivity index (χ4n) is 1.50. The van der Waals surface area contributed by atoms with Crippen molar-refractivity contribution in [3.63, 3.8) is 0 Å². The molecule has 1 amide bonds. The summed E-state index contributed by atoms with van der Waals surface area (Å²) in [5, 5.41) is 12.6. The maximum Gasteiger partial charge on any atom is 0.224 e. The molecule has 0 aliphatic rings. The first-order chi connectivity index (χ1) is 8.56. The molecule has 100 valence electrons. The molecule has 0 spiro atoms. The van der Waals surface area contributed by atoms with E-state index in [2.05, 4.69) is 5.32 Å². The number of nitrogens with one attached hydrogen (secondary N) is 1. The van der Waals surface area contributed by atoms with Crippen LogP contribution in [0.3, 0.4) is 0 Å². The van der Waals surface area contributed by atoms with Crippen molar-refractivity contribution in [2.75, 3.05) is 13.7 Å². The highest BCUT2D eigenvalue weighted by atomic mass is 35.5. The van der Waals surface area contributed by atoms with Gasteiger partial charge in [-0.2, -0.15) is 0 Å². The van der Waals surface area contributed by atoms with Gasteiger partial charge in [0.1, 0.15) is 5.75 Å². The number of methoxy groups -OCH3 is 1. The van der Waals surface area contributed by atoms with Gasteiger partial charge < -0.3 is 15.2 Å². The molecule has 18 heavy (non-hydrogen) atoms. The normalized spacial score (nSPS) is 12.0. The molecule has 1 aromatic rings. The zero-order valence-electron chi connectivity index (χ0n) is 10.6. The number of aliphatic hydroxyl groups is 1. The number of carbonyl (C=O) groups is 1. The summed E-state index contributed by atoms with van der Waals surface area (Å²) in [7, 11) is 1.55. The van der Waals surface area contributed by atoms with Crippen LogP contribution in [0.2, 0.25) is 5.02 Å². The number of carbonyl (C=O) groups excluding carboxylic acids is 1. The second kappa shape index (κ2) is 7.24. The molecule has 1 aromatic carbocycles. The van der Waals surface area contributed by atoms with E-state index in [-0.39, 0.29) is 18.9 Å². The van der Waals surface area contributed by atoms with Gasteiger partial charge in [-0.1, -0.05) is 18.5 Å². The minimum absolute atomic E-state index is 0.164. The lowest BCUT2D eigenvalue weighted by molar-refractivity contribution is -0.120. The Bertz CT molecular complexity index is 409. The van der Waals surface area contributed by atoms with Gasteiger partial charge in [-0.25, -0.2) is 0 Å². The van der Waals surface area contributed by atoms with Crippen molar-refractivity contribution < 1.29 is 14.6 Å². The lowest BCUT2D eigenvalue weighted by atomic mass is 10.1. The molecule has 0 aliphatic heterocycles. The largest absolute Gasteiger partial charge is 0.496 e. The molecule has 0 bridgehead atoms. The monoisotopic (exact) mass is 271 g/mol. The zero-order valence-corrected chi connectivity index (χ0v) is 11.3. The van der Waals surface area contributed by atoms with E-state index in [9.17, 15) is 9.90 Å². The van der Waals surface area contributed by atoms with Gasteiger partial charge in [0.05, 0.1) is 19.6 Å². The molecule has 0 aliphatic carbocycles. The predicted molar refractivity (Wildman–Crippen MR) is 71.0 cm³/mol. The van der Waals surface area contributed by atoms with Gasteiger partial charge in [-0.05, 0) is 24.6 Å². The zero-order chi connectivity index (χ0) is 13.5. The van der Waals surface area contributed by atoms with Crippen molar-refractivity contribution >= 4 is 17.5 Å². The van der Waals surface area contributed by atoms with Crippen LogP contribution in [-0.2, 0) is 11.2 Å². The number of benzene rings is 1. The van der Waals surface area contributed by atoms with Crippen LogP contribution in [0.4, 0.5) is 0 Å². The minimum Gasteiger partial charge on any atom is -0.496 e. The second-order valence-corrected chi connectivity index (χ2v) is 4.44. The third-order valence-electron chi connectivity index (χ3n) is 2.60. The molecule has 0 saturated carbocycles. The number of hydrogen-bond donors (Lipinski definition) is 2. The molecule has 4 nitrogen and oxygen atoms in total. The highest BCUT2D eigenvalue weighted by Gasteiger charge is 2.10. The van der Waals surface area contributed by atoms with Crippen LogP contribution in [0.15, 0.2) is 18.2 Å². The Labute approximate surface area is 112 Å². The lowest BCUT2D eigenvalue weighted by Gasteiger charge is -2.11. The second-order valence-electron chi connectivity index (χ2n) is 4.00. The summed E-state index contributed by atoms with van der Waals surface area (Å²) in [4.78, 5) is 11.7. The Kier molecular flexibility index (Phi) is 5.95. The standard InChI is InChI=1S/C13H18ClNO3/c1-3-11(16)8-15-13(17)7-9-6-10(14)4-5-12(9)18-2/h4-6,11,16H,3,7-8H2,1-2H3,(H,15,17). The maximum absolute atomic E-state index is 11.7. The molecule has 1 unspecified atom stereocenters. The molecular weight excluding hydrogens is 254 g/mol. The first-order valence-corrected chi connectivity index (χ1v) is 6.21. The van der Waals surface area contributed by atoms with E-state index < -0.39 is 6.10 Å². The number of aliphatic hydroxyl groups excluding tert-OH is 1. The molecule has 0 aromatic heterocycles. The smallest absolute Gasteiger partial charge is 0.224 e. The van der Waals surface area contributed by atoms with Gasteiger partial charge in [0.2, 0.25) is 5.91 Å². The van der Waals surface area contributed by atoms with Crippen LogP contribution in [0.1, 0.15) is 18.9 Å². The van der Waals surface area contributed by atoms with Crippen molar-refractivity contribution in [2.24, 2.45) is 0 Å². The average Bonchev–Trinajstić information content (AvgIpc) is 2.36. The fraction of sp³-hybridized carbons (Fsp3) is 0.462. The van der Waals surface area contributed by atoms with Crippen molar-refractivity contribution in [1.82, 2.24) is 5.32 Å². The highest BCUT2D eigenvalue weighted by molar-refractivity contribution is 6.30. The Morgan fingerprint density at radius 2 is 2.28 bits per heavy atom. The van der Waals surface area contributed by atoms with Crippen LogP contribution in [0, 0.1) is 0 Å². The van der Waals surface area contributed by atoms with Crippen molar-refractivity contribution in [3.8, 4) is 5.75 Å². The fourth-order valence-corrected chi connectivity index (χ4v) is 1.69. The van der Waals surface area contributed by atoms with Crippen LogP contribution < -0.4 is 10.1 Å². The summed E-state index contributed by atoms with van der Waals surface area (Å²) >= 11 is 5.88. The Hall–Kier alpha value is -1.26. The number of hydrogen-bond acceptors (Lipinski definition) is 3. The van der Waals surface area contributed by atoms with E-state index in [1.165, 1.54) is 0 Å². The summed E-state index contributed by atoms with van der Waals surface area (Å²) in [6.45, 7) is 2.12. The lowest BCUT2D eigenvalue weighted by Crippen LogP contribution is -2.32. The van der Waals surface area contributed by atoms with E-state index >= 15 is 0 Å². The molecule has 1 rings (SSSR count). The van der Waals surface area contributed by atoms with Crippen LogP contribution in [0.25, 0.3) is 0 Å². The van der Waals surface area contributed by atoms with Crippen LogP contribution in [-0.4, -0.2) is 30.8 Å². The van der Waals surface area contributed by atoms with Gasteiger partial charge in [-0.15, -0.1) is 0 Å². The SMILES string of the molecule is CCC(O)CNC(=O)Cc1cc(Cl)ccc1OC. The summed E-state index contributed by atoms with van der Waals surface area (Å²) in [6.07, 6.45) is 0.288. The van der Waals surface area contributed by atoms with Gasteiger partial charge >= 0.3 is 0 Å². The van der Waals surface area contributed by atoms with Gasteiger partial charge in [0.15, 0.2) is 0 Å². The van der Waals surface area contributed by atoms with Crippen LogP contribution >= 0.6 is 11.6 Å². The molecule has 0 radical (unpaired) electrons. The first-order valence-electron chi connectivity index (χ1n) is 5.84. The van der Waals surface area contributed by atoms with Crippen LogP contribution in [0.5, 0.6) is 5.75 Å². The molecule has 1 atom stereocenters. The van der Waals surface area contributed by atoms with Gasteiger partial charge in [-0.3, -0.25) is 4.79 Å². The summed E-state index contributed by atoms with van der Waals surface area (Å²) < 4.78 is 5.16. The maximum atomic E-state index is 11.7. The minimum atomic E-state index is -0.504. The van der Waals surface area contributed by atoms with Gasteiger partial charge in [0, 0.05) is 17.1 Å². The molecule has 0 saturated heterocycles. The Balaban J connectivity index is 2.61. The molecule has 5 heteroatoms. The predicted octanol–water partition coefficient (Wildman–Crippen LogP) is 1.78. The number of amides is 1. The quantitative estimate of drug-likeness (QED) is 0.829. The van der Waals surface area contributed by atoms with E-state index in [0.717, 1.165) is 5.56 Å².